The predicted octanol–water partition coefficient (Wildman–Crippen LogP) is 2.96. The molecule has 1 aromatic heterocycles. The number of rotatable bonds is 5. The number of hydrogen-bond acceptors (Lipinski definition) is 5. The molecule has 0 bridgehead atoms. The van der Waals surface area contributed by atoms with Crippen LogP contribution in [0.25, 0.3) is 11.5 Å². The van der Waals surface area contributed by atoms with Gasteiger partial charge in [-0.05, 0) is 30.9 Å². The van der Waals surface area contributed by atoms with E-state index in [-0.39, 0.29) is 0 Å². The van der Waals surface area contributed by atoms with Crippen molar-refractivity contribution >= 4 is 5.91 Å². The smallest absolute Gasteiger partial charge is 0.257 e. The van der Waals surface area contributed by atoms with E-state index in [1.165, 1.54) is 25.7 Å². The van der Waals surface area contributed by atoms with Crippen LogP contribution in [0.1, 0.15) is 37.9 Å². The van der Waals surface area contributed by atoms with Crippen molar-refractivity contribution < 1.29 is 9.32 Å². The van der Waals surface area contributed by atoms with Crippen LogP contribution in [0.2, 0.25) is 0 Å². The maximum absolute atomic E-state index is 12.4. The first kappa shape index (κ1) is 17.2. The summed E-state index contributed by atoms with van der Waals surface area (Å²) in [6.45, 7) is 4.00. The SMILES string of the molecule is O=C(CC1CCCC1)N1CCN(Cc2noc(-c3ccccc3)n2)CC1. The predicted molar refractivity (Wildman–Crippen MR) is 98.2 cm³/mol. The summed E-state index contributed by atoms with van der Waals surface area (Å²) >= 11 is 0. The summed E-state index contributed by atoms with van der Waals surface area (Å²) in [5.74, 6) is 2.22. The lowest BCUT2D eigenvalue weighted by molar-refractivity contribution is -0.134. The molecule has 1 amide bonds. The molecule has 0 unspecified atom stereocenters. The number of aromatic nitrogens is 2. The van der Waals surface area contributed by atoms with Crippen molar-refractivity contribution in [1.29, 1.82) is 0 Å². The standard InChI is InChI=1S/C20H26N4O2/c25-19(14-16-6-4-5-7-16)24-12-10-23(11-13-24)15-18-21-20(26-22-18)17-8-2-1-3-9-17/h1-3,8-9,16H,4-7,10-15H2. The van der Waals surface area contributed by atoms with Crippen molar-refractivity contribution in [3.8, 4) is 11.5 Å². The van der Waals surface area contributed by atoms with E-state index in [9.17, 15) is 4.79 Å². The Labute approximate surface area is 154 Å². The fraction of sp³-hybridized carbons (Fsp3) is 0.550. The number of carbonyl (C=O) groups is 1. The third kappa shape index (κ3) is 4.12. The molecule has 1 aromatic carbocycles. The molecular weight excluding hydrogens is 328 g/mol. The molecule has 0 spiro atoms. The summed E-state index contributed by atoms with van der Waals surface area (Å²) in [5, 5.41) is 4.10. The Kier molecular flexibility index (Phi) is 5.29. The minimum Gasteiger partial charge on any atom is -0.340 e. The van der Waals surface area contributed by atoms with E-state index in [0.29, 0.717) is 30.1 Å². The zero-order chi connectivity index (χ0) is 17.8. The third-order valence-electron chi connectivity index (χ3n) is 5.52. The van der Waals surface area contributed by atoms with Crippen molar-refractivity contribution in [2.24, 2.45) is 5.92 Å². The van der Waals surface area contributed by atoms with Gasteiger partial charge in [0.2, 0.25) is 5.91 Å². The Hall–Kier alpha value is -2.21. The third-order valence-corrected chi connectivity index (χ3v) is 5.52. The molecule has 6 nitrogen and oxygen atoms in total. The van der Waals surface area contributed by atoms with Crippen LogP contribution in [0, 0.1) is 5.92 Å². The van der Waals surface area contributed by atoms with Crippen LogP contribution in [0.4, 0.5) is 0 Å². The van der Waals surface area contributed by atoms with Crippen molar-refractivity contribution in [3.05, 3.63) is 36.2 Å². The second kappa shape index (κ2) is 7.99. The van der Waals surface area contributed by atoms with Gasteiger partial charge < -0.3 is 9.42 Å². The first-order valence-corrected chi connectivity index (χ1v) is 9.66. The fourth-order valence-electron chi connectivity index (χ4n) is 3.96. The lowest BCUT2D eigenvalue weighted by Gasteiger charge is -2.34. The molecule has 6 heteroatoms. The largest absolute Gasteiger partial charge is 0.340 e. The van der Waals surface area contributed by atoms with Crippen LogP contribution in [0.3, 0.4) is 0 Å². The van der Waals surface area contributed by atoms with E-state index in [1.807, 2.05) is 35.2 Å². The van der Waals surface area contributed by atoms with Crippen molar-refractivity contribution in [3.63, 3.8) is 0 Å². The highest BCUT2D eigenvalue weighted by atomic mass is 16.5. The summed E-state index contributed by atoms with van der Waals surface area (Å²) < 4.78 is 5.37. The van der Waals surface area contributed by atoms with Gasteiger partial charge in [0.25, 0.3) is 5.89 Å². The van der Waals surface area contributed by atoms with Gasteiger partial charge in [0.1, 0.15) is 0 Å². The lowest BCUT2D eigenvalue weighted by atomic mass is 10.0. The van der Waals surface area contributed by atoms with E-state index in [4.69, 9.17) is 4.52 Å². The molecule has 2 fully saturated rings. The quantitative estimate of drug-likeness (QED) is 0.826. The van der Waals surface area contributed by atoms with Crippen molar-refractivity contribution in [2.45, 2.75) is 38.6 Å². The number of piperazine rings is 1. The minimum absolute atomic E-state index is 0.336. The van der Waals surface area contributed by atoms with Crippen LogP contribution in [-0.4, -0.2) is 52.0 Å². The highest BCUT2D eigenvalue weighted by molar-refractivity contribution is 5.76. The van der Waals surface area contributed by atoms with Gasteiger partial charge in [-0.25, -0.2) is 0 Å². The van der Waals surface area contributed by atoms with E-state index < -0.39 is 0 Å². The summed E-state index contributed by atoms with van der Waals surface area (Å²) in [5.41, 5.74) is 0.938. The molecule has 1 aliphatic carbocycles. The summed E-state index contributed by atoms with van der Waals surface area (Å²) in [4.78, 5) is 21.3. The zero-order valence-corrected chi connectivity index (χ0v) is 15.1. The summed E-state index contributed by atoms with van der Waals surface area (Å²) in [6, 6.07) is 9.81. The van der Waals surface area contributed by atoms with Crippen molar-refractivity contribution in [1.82, 2.24) is 19.9 Å². The van der Waals surface area contributed by atoms with E-state index in [2.05, 4.69) is 15.0 Å². The average Bonchev–Trinajstić information content (AvgIpc) is 3.35. The number of hydrogen-bond donors (Lipinski definition) is 0. The Bertz CT molecular complexity index is 716. The van der Waals surface area contributed by atoms with Crippen molar-refractivity contribution in [2.75, 3.05) is 26.2 Å². The van der Waals surface area contributed by atoms with Crippen LogP contribution < -0.4 is 0 Å². The topological polar surface area (TPSA) is 62.5 Å². The van der Waals surface area contributed by atoms with Gasteiger partial charge in [0, 0.05) is 38.2 Å². The normalized spacial score (nSPS) is 19.2. The molecule has 1 saturated heterocycles. The molecule has 1 saturated carbocycles. The maximum atomic E-state index is 12.4. The molecule has 0 radical (unpaired) electrons. The first-order valence-electron chi connectivity index (χ1n) is 9.66. The Morgan fingerprint density at radius 3 is 2.54 bits per heavy atom. The van der Waals surface area contributed by atoms with Gasteiger partial charge >= 0.3 is 0 Å². The Morgan fingerprint density at radius 1 is 1.08 bits per heavy atom. The molecule has 1 aliphatic heterocycles. The highest BCUT2D eigenvalue weighted by Gasteiger charge is 2.25. The maximum Gasteiger partial charge on any atom is 0.257 e. The zero-order valence-electron chi connectivity index (χ0n) is 15.1. The van der Waals surface area contributed by atoms with E-state index >= 15 is 0 Å². The van der Waals surface area contributed by atoms with Crippen LogP contribution >= 0.6 is 0 Å². The van der Waals surface area contributed by atoms with Crippen LogP contribution in [0.15, 0.2) is 34.9 Å². The molecule has 138 valence electrons. The molecule has 0 atom stereocenters. The average molecular weight is 354 g/mol. The highest BCUT2D eigenvalue weighted by Crippen LogP contribution is 2.28. The fourth-order valence-corrected chi connectivity index (χ4v) is 3.96. The Balaban J connectivity index is 1.26. The van der Waals surface area contributed by atoms with Gasteiger partial charge in [-0.2, -0.15) is 4.98 Å². The number of nitrogens with zero attached hydrogens (tertiary/aromatic N) is 4. The minimum atomic E-state index is 0.336. The second-order valence-corrected chi connectivity index (χ2v) is 7.39. The summed E-state index contributed by atoms with van der Waals surface area (Å²) in [6.07, 6.45) is 5.79. The molecule has 4 rings (SSSR count). The molecule has 2 heterocycles. The van der Waals surface area contributed by atoms with Gasteiger partial charge in [0.15, 0.2) is 5.82 Å². The Morgan fingerprint density at radius 2 is 1.81 bits per heavy atom. The second-order valence-electron chi connectivity index (χ2n) is 7.39. The van der Waals surface area contributed by atoms with Gasteiger partial charge in [-0.3, -0.25) is 9.69 Å². The van der Waals surface area contributed by atoms with E-state index in [0.717, 1.165) is 38.2 Å². The molecule has 2 aromatic rings. The number of carbonyl (C=O) groups excluding carboxylic acids is 1. The van der Waals surface area contributed by atoms with Gasteiger partial charge in [-0.15, -0.1) is 0 Å². The number of benzene rings is 1. The number of amides is 1. The first-order chi connectivity index (χ1) is 12.8. The van der Waals surface area contributed by atoms with E-state index in [1.54, 1.807) is 0 Å². The summed E-state index contributed by atoms with van der Waals surface area (Å²) in [7, 11) is 0. The lowest BCUT2D eigenvalue weighted by Crippen LogP contribution is -2.48. The van der Waals surface area contributed by atoms with Gasteiger partial charge in [0.05, 0.1) is 6.54 Å². The molecule has 2 aliphatic rings. The molecule has 26 heavy (non-hydrogen) atoms. The van der Waals surface area contributed by atoms with Crippen LogP contribution in [-0.2, 0) is 11.3 Å². The monoisotopic (exact) mass is 354 g/mol. The molecule has 0 N–H and O–H groups in total. The van der Waals surface area contributed by atoms with Crippen LogP contribution in [0.5, 0.6) is 0 Å². The molecular formula is C20H26N4O2. The van der Waals surface area contributed by atoms with Gasteiger partial charge in [-0.1, -0.05) is 36.2 Å².